The van der Waals surface area contributed by atoms with Crippen molar-refractivity contribution in [2.45, 2.75) is 44.2 Å². The molecule has 1 unspecified atom stereocenters. The average molecular weight is 424 g/mol. The van der Waals surface area contributed by atoms with Crippen molar-refractivity contribution in [2.75, 3.05) is 48.3 Å². The zero-order valence-electron chi connectivity index (χ0n) is 17.8. The van der Waals surface area contributed by atoms with E-state index < -0.39 is 0 Å². The van der Waals surface area contributed by atoms with Crippen LogP contribution in [0.2, 0.25) is 0 Å². The number of hydrogen-bond acceptors (Lipinski definition) is 9. The number of aromatic nitrogens is 4. The van der Waals surface area contributed by atoms with E-state index in [0.29, 0.717) is 24.2 Å². The molecule has 1 aliphatic carbocycles. The van der Waals surface area contributed by atoms with Gasteiger partial charge in [-0.05, 0) is 12.8 Å². The van der Waals surface area contributed by atoms with Crippen LogP contribution in [-0.4, -0.2) is 71.2 Å². The second-order valence-corrected chi connectivity index (χ2v) is 8.34. The van der Waals surface area contributed by atoms with E-state index in [1.165, 1.54) is 12.8 Å². The van der Waals surface area contributed by atoms with Gasteiger partial charge in [-0.3, -0.25) is 4.79 Å². The summed E-state index contributed by atoms with van der Waals surface area (Å²) in [6.45, 7) is 3.77. The van der Waals surface area contributed by atoms with Gasteiger partial charge in [0, 0.05) is 57.4 Å². The number of fused-ring (bicyclic) bond motifs is 1. The molecule has 2 fully saturated rings. The van der Waals surface area contributed by atoms with Crippen LogP contribution in [-0.2, 0) is 11.2 Å². The first-order chi connectivity index (χ1) is 15.2. The van der Waals surface area contributed by atoms with Crippen molar-refractivity contribution >= 4 is 29.3 Å². The highest BCUT2D eigenvalue weighted by Crippen LogP contribution is 2.37. The van der Waals surface area contributed by atoms with E-state index in [2.05, 4.69) is 40.7 Å². The molecule has 0 radical (unpaired) electrons. The highest BCUT2D eigenvalue weighted by atomic mass is 16.2. The number of rotatable bonds is 5. The van der Waals surface area contributed by atoms with Crippen LogP contribution in [0, 0.1) is 0 Å². The topological polar surface area (TPSA) is 111 Å². The Kier molecular flexibility index (Phi) is 5.54. The van der Waals surface area contributed by atoms with Crippen LogP contribution in [0.5, 0.6) is 0 Å². The van der Waals surface area contributed by atoms with Gasteiger partial charge in [0.15, 0.2) is 5.82 Å². The predicted octanol–water partition coefficient (Wildman–Crippen LogP) is 0.840. The summed E-state index contributed by atoms with van der Waals surface area (Å²) in [6.07, 6.45) is 10.6. The van der Waals surface area contributed by atoms with Gasteiger partial charge < -0.3 is 25.8 Å². The fraction of sp³-hybridized carbons (Fsp3) is 0.571. The molecule has 3 aliphatic rings. The summed E-state index contributed by atoms with van der Waals surface area (Å²) in [7, 11) is 1.69. The summed E-state index contributed by atoms with van der Waals surface area (Å²) in [5.74, 6) is 2.86. The summed E-state index contributed by atoms with van der Waals surface area (Å²) in [4.78, 5) is 35.3. The molecule has 0 bridgehead atoms. The van der Waals surface area contributed by atoms with Crippen molar-refractivity contribution in [3.8, 4) is 0 Å². The molecule has 3 N–H and O–H groups in total. The predicted molar refractivity (Wildman–Crippen MR) is 119 cm³/mol. The van der Waals surface area contributed by atoms with Crippen molar-refractivity contribution in [2.24, 2.45) is 0 Å². The van der Waals surface area contributed by atoms with Gasteiger partial charge in [-0.15, -0.1) is 0 Å². The SMILES string of the molecule is CNC(=O)C1Cc2cnc(Nc3cnc(N4CCNCC4)cn3)nc2N1C1CCCC1. The van der Waals surface area contributed by atoms with Gasteiger partial charge >= 0.3 is 0 Å². The standard InChI is InChI=1S/C21H29N9O/c1-22-20(31)16-10-14-11-26-21(28-19(14)30(16)15-4-2-3-5-15)27-17-12-25-18(13-24-17)29-8-6-23-7-9-29/h11-13,15-16,23H,2-10H2,1H3,(H,22,31)(H,24,26,27,28). The molecule has 1 atom stereocenters. The highest BCUT2D eigenvalue weighted by Gasteiger charge is 2.40. The fourth-order valence-electron chi connectivity index (χ4n) is 4.83. The summed E-state index contributed by atoms with van der Waals surface area (Å²) in [6, 6.07) is 0.134. The van der Waals surface area contributed by atoms with E-state index >= 15 is 0 Å². The lowest BCUT2D eigenvalue weighted by molar-refractivity contribution is -0.121. The number of nitrogens with one attached hydrogen (secondary N) is 3. The Morgan fingerprint density at radius 2 is 1.90 bits per heavy atom. The lowest BCUT2D eigenvalue weighted by Crippen LogP contribution is -2.48. The number of amides is 1. The minimum Gasteiger partial charge on any atom is -0.357 e. The van der Waals surface area contributed by atoms with E-state index in [1.807, 2.05) is 6.20 Å². The molecule has 5 rings (SSSR count). The molecule has 1 saturated heterocycles. The summed E-state index contributed by atoms with van der Waals surface area (Å²) in [5, 5.41) is 9.33. The Morgan fingerprint density at radius 1 is 1.10 bits per heavy atom. The van der Waals surface area contributed by atoms with Crippen LogP contribution >= 0.6 is 0 Å². The molecule has 1 amide bonds. The van der Waals surface area contributed by atoms with Crippen LogP contribution in [0.3, 0.4) is 0 Å². The number of carbonyl (C=O) groups excluding carboxylic acids is 1. The van der Waals surface area contributed by atoms with Crippen molar-refractivity contribution in [1.82, 2.24) is 30.6 Å². The number of nitrogens with zero attached hydrogens (tertiary/aromatic N) is 6. The number of piperazine rings is 1. The van der Waals surface area contributed by atoms with Crippen LogP contribution in [0.15, 0.2) is 18.6 Å². The number of hydrogen-bond donors (Lipinski definition) is 3. The van der Waals surface area contributed by atoms with Gasteiger partial charge in [0.2, 0.25) is 11.9 Å². The third-order valence-corrected chi connectivity index (χ3v) is 6.42. The molecule has 2 aliphatic heterocycles. The smallest absolute Gasteiger partial charge is 0.242 e. The Labute approximate surface area is 181 Å². The largest absolute Gasteiger partial charge is 0.357 e. The number of carbonyl (C=O) groups is 1. The highest BCUT2D eigenvalue weighted by molar-refractivity contribution is 5.87. The normalized spacial score (nSPS) is 21.3. The molecule has 0 aromatic carbocycles. The third-order valence-electron chi connectivity index (χ3n) is 6.42. The minimum absolute atomic E-state index is 0.0359. The van der Waals surface area contributed by atoms with E-state index in [-0.39, 0.29) is 11.9 Å². The molecule has 1 saturated carbocycles. The van der Waals surface area contributed by atoms with Crippen molar-refractivity contribution in [3.05, 3.63) is 24.2 Å². The van der Waals surface area contributed by atoms with Crippen LogP contribution in [0.1, 0.15) is 31.2 Å². The molecule has 164 valence electrons. The van der Waals surface area contributed by atoms with Gasteiger partial charge in [0.1, 0.15) is 17.7 Å². The molecule has 31 heavy (non-hydrogen) atoms. The van der Waals surface area contributed by atoms with E-state index in [9.17, 15) is 4.79 Å². The zero-order chi connectivity index (χ0) is 21.2. The second-order valence-electron chi connectivity index (χ2n) is 8.34. The number of likely N-dealkylation sites (N-methyl/N-ethyl adjacent to an activating group) is 1. The maximum absolute atomic E-state index is 12.5. The van der Waals surface area contributed by atoms with E-state index in [1.54, 1.807) is 19.4 Å². The maximum atomic E-state index is 12.5. The molecule has 2 aromatic rings. The Morgan fingerprint density at radius 3 is 2.61 bits per heavy atom. The first kappa shape index (κ1) is 19.9. The van der Waals surface area contributed by atoms with Crippen LogP contribution < -0.4 is 25.8 Å². The fourth-order valence-corrected chi connectivity index (χ4v) is 4.83. The van der Waals surface area contributed by atoms with Gasteiger partial charge in [0.25, 0.3) is 0 Å². The molecule has 10 heteroatoms. The third kappa shape index (κ3) is 3.99. The minimum atomic E-state index is -0.217. The Balaban J connectivity index is 1.35. The number of anilines is 4. The molecule has 10 nitrogen and oxygen atoms in total. The summed E-state index contributed by atoms with van der Waals surface area (Å²) >= 11 is 0. The molecular weight excluding hydrogens is 394 g/mol. The maximum Gasteiger partial charge on any atom is 0.242 e. The molecular formula is C21H29N9O. The lowest BCUT2D eigenvalue weighted by Gasteiger charge is -2.31. The lowest BCUT2D eigenvalue weighted by atomic mass is 10.1. The van der Waals surface area contributed by atoms with E-state index in [0.717, 1.165) is 56.2 Å². The first-order valence-corrected chi connectivity index (χ1v) is 11.1. The molecule has 0 spiro atoms. The van der Waals surface area contributed by atoms with Gasteiger partial charge in [-0.25, -0.2) is 15.0 Å². The van der Waals surface area contributed by atoms with Gasteiger partial charge in [-0.2, -0.15) is 4.98 Å². The monoisotopic (exact) mass is 423 g/mol. The van der Waals surface area contributed by atoms with Crippen molar-refractivity contribution in [1.29, 1.82) is 0 Å². The zero-order valence-corrected chi connectivity index (χ0v) is 17.8. The Bertz CT molecular complexity index is 923. The van der Waals surface area contributed by atoms with Gasteiger partial charge in [0.05, 0.1) is 12.4 Å². The first-order valence-electron chi connectivity index (χ1n) is 11.1. The molecule has 2 aromatic heterocycles. The average Bonchev–Trinajstić information content (AvgIpc) is 3.47. The van der Waals surface area contributed by atoms with Crippen LogP contribution in [0.4, 0.5) is 23.4 Å². The quantitative estimate of drug-likeness (QED) is 0.644. The molecule has 4 heterocycles. The van der Waals surface area contributed by atoms with Crippen LogP contribution in [0.25, 0.3) is 0 Å². The van der Waals surface area contributed by atoms with Crippen molar-refractivity contribution < 1.29 is 4.79 Å². The summed E-state index contributed by atoms with van der Waals surface area (Å²) in [5.41, 5.74) is 1.02. The summed E-state index contributed by atoms with van der Waals surface area (Å²) < 4.78 is 0. The Hall–Kier alpha value is -3.01. The van der Waals surface area contributed by atoms with Gasteiger partial charge in [-0.1, -0.05) is 12.8 Å². The van der Waals surface area contributed by atoms with Crippen molar-refractivity contribution in [3.63, 3.8) is 0 Å². The van der Waals surface area contributed by atoms with E-state index in [4.69, 9.17) is 4.98 Å². The second kappa shape index (κ2) is 8.62.